The Bertz CT molecular complexity index is 659. The Morgan fingerprint density at radius 3 is 2.43 bits per heavy atom. The van der Waals surface area contributed by atoms with Crippen molar-refractivity contribution in [2.45, 2.75) is 19.9 Å². The number of hydrogen-bond acceptors (Lipinski definition) is 1. The van der Waals surface area contributed by atoms with Crippen LogP contribution in [0.3, 0.4) is 0 Å². The fraction of sp³-hybridized carbons (Fsp3) is 0.250. The first-order valence-corrected chi connectivity index (χ1v) is 8.17. The van der Waals surface area contributed by atoms with E-state index in [1.54, 1.807) is 0 Å². The third-order valence-corrected chi connectivity index (χ3v) is 4.85. The van der Waals surface area contributed by atoms with Crippen molar-refractivity contribution in [2.75, 3.05) is 6.54 Å². The van der Waals surface area contributed by atoms with Crippen LogP contribution in [0.1, 0.15) is 29.7 Å². The molecule has 0 amide bonds. The van der Waals surface area contributed by atoms with Crippen LogP contribution in [0.2, 0.25) is 0 Å². The molecule has 0 radical (unpaired) electrons. The number of rotatable bonds is 4. The van der Waals surface area contributed by atoms with Gasteiger partial charge in [-0.1, -0.05) is 35.0 Å². The van der Waals surface area contributed by atoms with E-state index in [0.717, 1.165) is 15.6 Å². The van der Waals surface area contributed by atoms with Crippen LogP contribution >= 0.6 is 31.9 Å². The molecule has 0 aliphatic carbocycles. The van der Waals surface area contributed by atoms with Gasteiger partial charge in [-0.15, -0.1) is 0 Å². The lowest BCUT2D eigenvalue weighted by atomic mass is 9.94. The highest BCUT2D eigenvalue weighted by atomic mass is 79.9. The van der Waals surface area contributed by atoms with Gasteiger partial charge in [-0.25, -0.2) is 8.78 Å². The van der Waals surface area contributed by atoms with Gasteiger partial charge in [-0.2, -0.15) is 0 Å². The molecule has 0 aromatic heterocycles. The number of benzene rings is 2. The standard InChI is InChI=1S/C16H15Br2F2N/c1-3-21-16(10-5-4-6-12(17)9(10)2)11-7-15(20)13(18)8-14(11)19/h4-8,16,21H,3H2,1-2H3. The molecule has 0 heterocycles. The predicted molar refractivity (Wildman–Crippen MR) is 88.5 cm³/mol. The Hall–Kier alpha value is -0.780. The van der Waals surface area contributed by atoms with Crippen molar-refractivity contribution in [3.63, 3.8) is 0 Å². The summed E-state index contributed by atoms with van der Waals surface area (Å²) in [6.07, 6.45) is 0. The Morgan fingerprint density at radius 1 is 1.05 bits per heavy atom. The second-order valence-corrected chi connectivity index (χ2v) is 6.44. The van der Waals surface area contributed by atoms with E-state index in [-0.39, 0.29) is 4.47 Å². The van der Waals surface area contributed by atoms with Crippen molar-refractivity contribution in [1.82, 2.24) is 5.32 Å². The molecule has 0 aliphatic rings. The van der Waals surface area contributed by atoms with E-state index in [1.807, 2.05) is 32.0 Å². The summed E-state index contributed by atoms with van der Waals surface area (Å²) in [5.74, 6) is -0.907. The van der Waals surface area contributed by atoms with Crippen LogP contribution in [-0.2, 0) is 0 Å². The zero-order valence-electron chi connectivity index (χ0n) is 11.7. The van der Waals surface area contributed by atoms with E-state index in [4.69, 9.17) is 0 Å². The van der Waals surface area contributed by atoms with Crippen molar-refractivity contribution in [2.24, 2.45) is 0 Å². The lowest BCUT2D eigenvalue weighted by Gasteiger charge is -2.22. The molecule has 0 saturated heterocycles. The summed E-state index contributed by atoms with van der Waals surface area (Å²) in [7, 11) is 0. The van der Waals surface area contributed by atoms with Crippen LogP contribution in [0.5, 0.6) is 0 Å². The first kappa shape index (κ1) is 16.6. The highest BCUT2D eigenvalue weighted by Gasteiger charge is 2.21. The molecule has 2 aromatic carbocycles. The first-order chi connectivity index (χ1) is 9.95. The molecule has 1 atom stereocenters. The van der Waals surface area contributed by atoms with Crippen LogP contribution in [-0.4, -0.2) is 6.54 Å². The third kappa shape index (κ3) is 3.52. The van der Waals surface area contributed by atoms with E-state index in [9.17, 15) is 8.78 Å². The summed E-state index contributed by atoms with van der Waals surface area (Å²) in [5, 5.41) is 3.23. The fourth-order valence-corrected chi connectivity index (χ4v) is 2.98. The van der Waals surface area contributed by atoms with E-state index < -0.39 is 17.7 Å². The SMILES string of the molecule is CCNC(c1cc(F)c(Br)cc1F)c1cccc(Br)c1C. The zero-order valence-corrected chi connectivity index (χ0v) is 14.9. The van der Waals surface area contributed by atoms with Crippen molar-refractivity contribution < 1.29 is 8.78 Å². The fourth-order valence-electron chi connectivity index (χ4n) is 2.29. The monoisotopic (exact) mass is 417 g/mol. The maximum absolute atomic E-state index is 14.3. The molecule has 0 fully saturated rings. The van der Waals surface area contributed by atoms with Gasteiger partial charge in [0.1, 0.15) is 11.6 Å². The largest absolute Gasteiger partial charge is 0.306 e. The molecular weight excluding hydrogens is 404 g/mol. The smallest absolute Gasteiger partial charge is 0.137 e. The minimum absolute atomic E-state index is 0.130. The summed E-state index contributed by atoms with van der Waals surface area (Å²) < 4.78 is 29.2. The number of halogens is 4. The Morgan fingerprint density at radius 2 is 1.76 bits per heavy atom. The molecule has 1 unspecified atom stereocenters. The molecule has 0 aliphatic heterocycles. The van der Waals surface area contributed by atoms with Gasteiger partial charge in [0.2, 0.25) is 0 Å². The highest BCUT2D eigenvalue weighted by molar-refractivity contribution is 9.10. The third-order valence-electron chi connectivity index (χ3n) is 3.38. The van der Waals surface area contributed by atoms with Gasteiger partial charge >= 0.3 is 0 Å². The van der Waals surface area contributed by atoms with E-state index in [0.29, 0.717) is 12.1 Å². The molecule has 5 heteroatoms. The van der Waals surface area contributed by atoms with Gasteiger partial charge in [0, 0.05) is 10.0 Å². The Labute approximate surface area is 140 Å². The molecule has 2 rings (SSSR count). The first-order valence-electron chi connectivity index (χ1n) is 6.58. The predicted octanol–water partition coefficient (Wildman–Crippen LogP) is 5.50. The van der Waals surface area contributed by atoms with Gasteiger partial charge < -0.3 is 5.32 Å². The Kier molecular flexibility index (Phi) is 5.52. The van der Waals surface area contributed by atoms with Crippen LogP contribution in [0, 0.1) is 18.6 Å². The Balaban J connectivity index is 2.59. The topological polar surface area (TPSA) is 12.0 Å². The van der Waals surface area contributed by atoms with Crippen LogP contribution in [0.4, 0.5) is 8.78 Å². The van der Waals surface area contributed by atoms with Gasteiger partial charge in [-0.3, -0.25) is 0 Å². The van der Waals surface area contributed by atoms with E-state index in [2.05, 4.69) is 37.2 Å². The molecule has 0 bridgehead atoms. The van der Waals surface area contributed by atoms with Crippen molar-refractivity contribution in [3.05, 3.63) is 67.6 Å². The minimum Gasteiger partial charge on any atom is -0.306 e. The maximum Gasteiger partial charge on any atom is 0.137 e. The molecule has 112 valence electrons. The molecule has 2 aromatic rings. The second-order valence-electron chi connectivity index (χ2n) is 4.73. The van der Waals surface area contributed by atoms with Crippen LogP contribution in [0.25, 0.3) is 0 Å². The summed E-state index contributed by atoms with van der Waals surface area (Å²) in [4.78, 5) is 0. The van der Waals surface area contributed by atoms with Crippen LogP contribution < -0.4 is 5.32 Å². The summed E-state index contributed by atoms with van der Waals surface area (Å²) in [6, 6.07) is 7.77. The quantitative estimate of drug-likeness (QED) is 0.646. The zero-order chi connectivity index (χ0) is 15.6. The molecule has 21 heavy (non-hydrogen) atoms. The van der Waals surface area contributed by atoms with Crippen molar-refractivity contribution in [3.8, 4) is 0 Å². The van der Waals surface area contributed by atoms with Crippen LogP contribution in [0.15, 0.2) is 39.3 Å². The van der Waals surface area contributed by atoms with Gasteiger partial charge in [-0.05, 0) is 58.7 Å². The van der Waals surface area contributed by atoms with Crippen molar-refractivity contribution in [1.29, 1.82) is 0 Å². The normalized spacial score (nSPS) is 12.5. The van der Waals surface area contributed by atoms with E-state index >= 15 is 0 Å². The van der Waals surface area contributed by atoms with Gasteiger partial charge in [0.05, 0.1) is 10.5 Å². The molecular formula is C16H15Br2F2N. The lowest BCUT2D eigenvalue weighted by molar-refractivity contribution is 0.541. The number of nitrogens with one attached hydrogen (secondary N) is 1. The number of hydrogen-bond donors (Lipinski definition) is 1. The van der Waals surface area contributed by atoms with Gasteiger partial charge in [0.15, 0.2) is 0 Å². The minimum atomic E-state index is -0.470. The average molecular weight is 419 g/mol. The molecule has 1 nitrogen and oxygen atoms in total. The summed E-state index contributed by atoms with van der Waals surface area (Å²) in [5.41, 5.74) is 2.23. The summed E-state index contributed by atoms with van der Waals surface area (Å²) in [6.45, 7) is 4.54. The van der Waals surface area contributed by atoms with E-state index in [1.165, 1.54) is 12.1 Å². The summed E-state index contributed by atoms with van der Waals surface area (Å²) >= 11 is 6.49. The molecule has 0 spiro atoms. The molecule has 1 N–H and O–H groups in total. The second kappa shape index (κ2) is 6.99. The van der Waals surface area contributed by atoms with Gasteiger partial charge in [0.25, 0.3) is 0 Å². The highest BCUT2D eigenvalue weighted by Crippen LogP contribution is 2.32. The lowest BCUT2D eigenvalue weighted by Crippen LogP contribution is -2.24. The maximum atomic E-state index is 14.3. The van der Waals surface area contributed by atoms with Crippen molar-refractivity contribution >= 4 is 31.9 Å². The average Bonchev–Trinajstić information content (AvgIpc) is 2.44. The molecule has 0 saturated carbocycles.